The highest BCUT2D eigenvalue weighted by Crippen LogP contribution is 2.14. The number of ether oxygens (including phenoxy) is 2. The van der Waals surface area contributed by atoms with E-state index in [0.29, 0.717) is 6.42 Å². The van der Waals surface area contributed by atoms with Gasteiger partial charge < -0.3 is 9.47 Å². The van der Waals surface area contributed by atoms with Crippen LogP contribution in [0.3, 0.4) is 0 Å². The van der Waals surface area contributed by atoms with Gasteiger partial charge in [0.2, 0.25) is 0 Å². The first-order valence-corrected chi connectivity index (χ1v) is 5.18. The second-order valence-electron chi connectivity index (χ2n) is 4.30. The van der Waals surface area contributed by atoms with Crippen LogP contribution in [-0.4, -0.2) is 23.6 Å². The molecular weight excluding hydrogens is 196 g/mol. The van der Waals surface area contributed by atoms with Crippen LogP contribution < -0.4 is 0 Å². The summed E-state index contributed by atoms with van der Waals surface area (Å²) >= 11 is 0. The van der Waals surface area contributed by atoms with Gasteiger partial charge in [0.05, 0.1) is 6.10 Å². The van der Waals surface area contributed by atoms with Gasteiger partial charge in [-0.05, 0) is 34.1 Å². The normalized spacial score (nSPS) is 11.3. The van der Waals surface area contributed by atoms with Crippen LogP contribution in [0.25, 0.3) is 0 Å². The Kier molecular flexibility index (Phi) is 5.33. The molecule has 0 amide bonds. The Hall–Kier alpha value is -1.06. The van der Waals surface area contributed by atoms with Gasteiger partial charge in [0.1, 0.15) is 12.0 Å². The Labute approximate surface area is 90.9 Å². The number of rotatable bonds is 5. The van der Waals surface area contributed by atoms with Crippen molar-refractivity contribution in [2.75, 3.05) is 0 Å². The third-order valence-electron chi connectivity index (χ3n) is 1.90. The maximum absolute atomic E-state index is 11.3. The molecule has 0 saturated heterocycles. The van der Waals surface area contributed by atoms with Crippen LogP contribution in [-0.2, 0) is 19.1 Å². The summed E-state index contributed by atoms with van der Waals surface area (Å²) in [5.74, 6) is -1.07. The molecule has 4 nitrogen and oxygen atoms in total. The Balaban J connectivity index is 3.99. The summed E-state index contributed by atoms with van der Waals surface area (Å²) < 4.78 is 9.93. The Morgan fingerprint density at radius 1 is 1.20 bits per heavy atom. The minimum Gasteiger partial charge on any atom is -0.463 e. The monoisotopic (exact) mass is 216 g/mol. The lowest BCUT2D eigenvalue weighted by Gasteiger charge is -2.23. The van der Waals surface area contributed by atoms with Gasteiger partial charge in [-0.15, -0.1) is 0 Å². The Morgan fingerprint density at radius 2 is 1.73 bits per heavy atom. The molecule has 15 heavy (non-hydrogen) atoms. The third kappa shape index (κ3) is 6.94. The third-order valence-corrected chi connectivity index (χ3v) is 1.90. The quantitative estimate of drug-likeness (QED) is 0.521. The molecule has 0 N–H and O–H groups in total. The van der Waals surface area contributed by atoms with Crippen molar-refractivity contribution in [3.05, 3.63) is 0 Å². The van der Waals surface area contributed by atoms with E-state index in [1.54, 1.807) is 27.7 Å². The van der Waals surface area contributed by atoms with Crippen molar-refractivity contribution in [2.45, 2.75) is 59.2 Å². The van der Waals surface area contributed by atoms with E-state index in [1.165, 1.54) is 0 Å². The van der Waals surface area contributed by atoms with E-state index >= 15 is 0 Å². The highest BCUT2D eigenvalue weighted by molar-refractivity contribution is 5.91. The number of carbonyl (C=O) groups excluding carboxylic acids is 2. The van der Waals surface area contributed by atoms with Crippen LogP contribution >= 0.6 is 0 Å². The fourth-order valence-electron chi connectivity index (χ4n) is 0.839. The van der Waals surface area contributed by atoms with Gasteiger partial charge in [-0.25, -0.2) is 0 Å². The summed E-state index contributed by atoms with van der Waals surface area (Å²) in [5, 5.41) is 0. The SMILES string of the molecule is CCC(C)(C)OC(=O)CC(=O)OC(C)C. The van der Waals surface area contributed by atoms with Crippen molar-refractivity contribution in [1.82, 2.24) is 0 Å². The number of hydrogen-bond acceptors (Lipinski definition) is 4. The van der Waals surface area contributed by atoms with Crippen LogP contribution in [0.5, 0.6) is 0 Å². The lowest BCUT2D eigenvalue weighted by atomic mass is 10.1. The van der Waals surface area contributed by atoms with E-state index in [1.807, 2.05) is 6.92 Å². The van der Waals surface area contributed by atoms with Gasteiger partial charge in [0.25, 0.3) is 0 Å². The van der Waals surface area contributed by atoms with Crippen molar-refractivity contribution in [2.24, 2.45) is 0 Å². The summed E-state index contributed by atoms with van der Waals surface area (Å²) in [5.41, 5.74) is -0.519. The van der Waals surface area contributed by atoms with Crippen LogP contribution in [0.1, 0.15) is 47.5 Å². The number of carbonyl (C=O) groups is 2. The number of esters is 2. The van der Waals surface area contributed by atoms with Gasteiger partial charge in [0, 0.05) is 0 Å². The molecule has 0 spiro atoms. The molecule has 0 atom stereocenters. The maximum atomic E-state index is 11.3. The van der Waals surface area contributed by atoms with Gasteiger partial charge >= 0.3 is 11.9 Å². The Bertz CT molecular complexity index is 231. The molecule has 0 radical (unpaired) electrons. The van der Waals surface area contributed by atoms with Gasteiger partial charge in [-0.3, -0.25) is 9.59 Å². The van der Waals surface area contributed by atoms with Crippen molar-refractivity contribution in [3.8, 4) is 0 Å². The number of hydrogen-bond donors (Lipinski definition) is 0. The minimum absolute atomic E-state index is 0.204. The summed E-state index contributed by atoms with van der Waals surface area (Å²) in [7, 11) is 0. The fourth-order valence-corrected chi connectivity index (χ4v) is 0.839. The predicted molar refractivity (Wildman–Crippen MR) is 56.3 cm³/mol. The summed E-state index contributed by atoms with van der Waals surface area (Å²) in [6.45, 7) is 9.00. The largest absolute Gasteiger partial charge is 0.463 e. The molecule has 0 aromatic heterocycles. The zero-order valence-electron chi connectivity index (χ0n) is 10.1. The summed E-state index contributed by atoms with van der Waals surface area (Å²) in [4.78, 5) is 22.4. The molecule has 0 aromatic rings. The first kappa shape index (κ1) is 13.9. The first-order chi connectivity index (χ1) is 6.76. The molecule has 0 aliphatic carbocycles. The second kappa shape index (κ2) is 5.73. The highest BCUT2D eigenvalue weighted by atomic mass is 16.6. The van der Waals surface area contributed by atoms with Crippen LogP contribution in [0.15, 0.2) is 0 Å². The lowest BCUT2D eigenvalue weighted by molar-refractivity contribution is -0.164. The van der Waals surface area contributed by atoms with Crippen molar-refractivity contribution < 1.29 is 19.1 Å². The molecule has 0 unspecified atom stereocenters. The van der Waals surface area contributed by atoms with E-state index in [2.05, 4.69) is 0 Å². The molecule has 0 aliphatic heterocycles. The molecule has 0 aromatic carbocycles. The van der Waals surface area contributed by atoms with Gasteiger partial charge in [-0.1, -0.05) is 6.92 Å². The molecule has 0 bridgehead atoms. The van der Waals surface area contributed by atoms with Crippen molar-refractivity contribution in [3.63, 3.8) is 0 Å². The molecule has 0 aliphatic rings. The maximum Gasteiger partial charge on any atom is 0.317 e. The summed E-state index contributed by atoms with van der Waals surface area (Å²) in [6, 6.07) is 0. The van der Waals surface area contributed by atoms with Crippen LogP contribution in [0, 0.1) is 0 Å². The van der Waals surface area contributed by atoms with Crippen molar-refractivity contribution >= 4 is 11.9 Å². The molecule has 0 rings (SSSR count). The standard InChI is InChI=1S/C11H20O4/c1-6-11(4,5)15-10(13)7-9(12)14-8(2)3/h8H,6-7H2,1-5H3. The van der Waals surface area contributed by atoms with E-state index in [0.717, 1.165) is 0 Å². The molecule has 0 heterocycles. The fraction of sp³-hybridized carbons (Fsp3) is 0.818. The molecule has 0 fully saturated rings. The molecule has 88 valence electrons. The van der Waals surface area contributed by atoms with Crippen LogP contribution in [0.2, 0.25) is 0 Å². The smallest absolute Gasteiger partial charge is 0.317 e. The Morgan fingerprint density at radius 3 is 2.13 bits per heavy atom. The van der Waals surface area contributed by atoms with Gasteiger partial charge in [0.15, 0.2) is 0 Å². The molecule has 0 saturated carbocycles. The zero-order valence-corrected chi connectivity index (χ0v) is 10.1. The predicted octanol–water partition coefficient (Wildman–Crippen LogP) is 2.06. The van der Waals surface area contributed by atoms with Crippen LogP contribution in [0.4, 0.5) is 0 Å². The topological polar surface area (TPSA) is 52.6 Å². The molecular formula is C11H20O4. The second-order valence-corrected chi connectivity index (χ2v) is 4.30. The van der Waals surface area contributed by atoms with E-state index < -0.39 is 17.5 Å². The van der Waals surface area contributed by atoms with E-state index in [4.69, 9.17) is 9.47 Å². The van der Waals surface area contributed by atoms with Crippen molar-refractivity contribution in [1.29, 1.82) is 0 Å². The lowest BCUT2D eigenvalue weighted by Crippen LogP contribution is -2.28. The van der Waals surface area contributed by atoms with E-state index in [9.17, 15) is 9.59 Å². The average molecular weight is 216 g/mol. The molecule has 4 heteroatoms. The summed E-state index contributed by atoms with van der Waals surface area (Å²) in [6.07, 6.45) is 0.184. The average Bonchev–Trinajstić information content (AvgIpc) is 2.00. The zero-order chi connectivity index (χ0) is 12.1. The minimum atomic E-state index is -0.540. The highest BCUT2D eigenvalue weighted by Gasteiger charge is 2.22. The van der Waals surface area contributed by atoms with Gasteiger partial charge in [-0.2, -0.15) is 0 Å². The first-order valence-electron chi connectivity index (χ1n) is 5.18. The van der Waals surface area contributed by atoms with E-state index in [-0.39, 0.29) is 12.5 Å².